The zero-order valence-corrected chi connectivity index (χ0v) is 12.4. The molecule has 5 heteroatoms. The Morgan fingerprint density at radius 2 is 1.90 bits per heavy atom. The van der Waals surface area contributed by atoms with Crippen molar-refractivity contribution in [1.82, 2.24) is 0 Å². The minimum absolute atomic E-state index is 0.385. The van der Waals surface area contributed by atoms with E-state index in [0.29, 0.717) is 24.2 Å². The van der Waals surface area contributed by atoms with Crippen molar-refractivity contribution in [2.24, 2.45) is 0 Å². The van der Waals surface area contributed by atoms with E-state index < -0.39 is 23.3 Å². The van der Waals surface area contributed by atoms with Gasteiger partial charge in [0.2, 0.25) is 5.79 Å². The lowest BCUT2D eigenvalue weighted by atomic mass is 9.85. The summed E-state index contributed by atoms with van der Waals surface area (Å²) in [6.45, 7) is 3.26. The summed E-state index contributed by atoms with van der Waals surface area (Å²) in [4.78, 5) is 11.2. The van der Waals surface area contributed by atoms with Gasteiger partial charge in [-0.15, -0.1) is 0 Å². The predicted octanol–water partition coefficient (Wildman–Crippen LogP) is 2.05. The van der Waals surface area contributed by atoms with Crippen LogP contribution in [-0.4, -0.2) is 33.2 Å². The molecule has 1 aliphatic rings. The molecule has 0 amide bonds. The van der Waals surface area contributed by atoms with E-state index in [-0.39, 0.29) is 0 Å². The van der Waals surface area contributed by atoms with Crippen molar-refractivity contribution in [3.63, 3.8) is 0 Å². The largest absolute Gasteiger partial charge is 0.481 e. The van der Waals surface area contributed by atoms with Crippen LogP contribution in [0, 0.1) is 0 Å². The maximum absolute atomic E-state index is 11.2. The Hall–Kier alpha value is -1.59. The summed E-state index contributed by atoms with van der Waals surface area (Å²) in [5.41, 5.74) is -0.335. The molecule has 5 nitrogen and oxygen atoms in total. The molecule has 0 bridgehead atoms. The number of rotatable bonds is 4. The molecular weight excluding hydrogens is 272 g/mol. The van der Waals surface area contributed by atoms with Gasteiger partial charge in [0.05, 0.1) is 5.41 Å². The fraction of sp³-hybridized carbons (Fsp3) is 0.562. The smallest absolute Gasteiger partial charge is 0.313 e. The van der Waals surface area contributed by atoms with Gasteiger partial charge in [0.15, 0.2) is 0 Å². The molecule has 1 aromatic carbocycles. The minimum Gasteiger partial charge on any atom is -0.481 e. The van der Waals surface area contributed by atoms with Crippen molar-refractivity contribution in [2.75, 3.05) is 0 Å². The Morgan fingerprint density at radius 3 is 2.43 bits per heavy atom. The highest BCUT2D eigenvalue weighted by Crippen LogP contribution is 2.32. The van der Waals surface area contributed by atoms with Gasteiger partial charge in [0.25, 0.3) is 0 Å². The first-order valence-electron chi connectivity index (χ1n) is 7.19. The zero-order valence-electron chi connectivity index (χ0n) is 12.4. The van der Waals surface area contributed by atoms with Gasteiger partial charge >= 0.3 is 5.97 Å². The summed E-state index contributed by atoms with van der Waals surface area (Å²) < 4.78 is 5.54. The summed E-state index contributed by atoms with van der Waals surface area (Å²) in [6.07, 6.45) is 1.68. The standard InChI is InChI=1S/C16H22O5/c1-15(2,14(18)19)11-6-8-12(9-7-11)21-16(20)10-4-3-5-13(16)17/h6-9,13,17,20H,3-5,10H2,1-2H3,(H,18,19). The highest BCUT2D eigenvalue weighted by atomic mass is 16.6. The van der Waals surface area contributed by atoms with Crippen LogP contribution in [0.3, 0.4) is 0 Å². The molecule has 0 aromatic heterocycles. The Morgan fingerprint density at radius 1 is 1.29 bits per heavy atom. The average Bonchev–Trinajstić information content (AvgIpc) is 2.43. The number of carbonyl (C=O) groups is 1. The Labute approximate surface area is 124 Å². The van der Waals surface area contributed by atoms with Crippen LogP contribution in [-0.2, 0) is 10.2 Å². The molecule has 1 fully saturated rings. The summed E-state index contributed by atoms with van der Waals surface area (Å²) in [7, 11) is 0. The van der Waals surface area contributed by atoms with E-state index >= 15 is 0 Å². The molecule has 2 atom stereocenters. The Bertz CT molecular complexity index is 508. The van der Waals surface area contributed by atoms with Crippen LogP contribution in [0.15, 0.2) is 24.3 Å². The second-order valence-electron chi connectivity index (χ2n) is 6.16. The van der Waals surface area contributed by atoms with Crippen LogP contribution in [0.25, 0.3) is 0 Å². The highest BCUT2D eigenvalue weighted by Gasteiger charge is 2.40. The third-order valence-corrected chi connectivity index (χ3v) is 4.19. The average molecular weight is 294 g/mol. The maximum Gasteiger partial charge on any atom is 0.313 e. The highest BCUT2D eigenvalue weighted by molar-refractivity contribution is 5.80. The third-order valence-electron chi connectivity index (χ3n) is 4.19. The molecule has 1 aliphatic carbocycles. The van der Waals surface area contributed by atoms with Gasteiger partial charge in [0, 0.05) is 6.42 Å². The van der Waals surface area contributed by atoms with Crippen LogP contribution < -0.4 is 4.74 Å². The quantitative estimate of drug-likeness (QED) is 0.740. The van der Waals surface area contributed by atoms with Crippen molar-refractivity contribution in [1.29, 1.82) is 0 Å². The van der Waals surface area contributed by atoms with Crippen LogP contribution in [0.5, 0.6) is 5.75 Å². The fourth-order valence-corrected chi connectivity index (χ4v) is 2.49. The lowest BCUT2D eigenvalue weighted by Gasteiger charge is -2.36. The van der Waals surface area contributed by atoms with Gasteiger partial charge in [-0.3, -0.25) is 4.79 Å². The van der Waals surface area contributed by atoms with E-state index in [1.807, 2.05) is 0 Å². The first-order valence-corrected chi connectivity index (χ1v) is 7.19. The van der Waals surface area contributed by atoms with Crippen molar-refractivity contribution < 1.29 is 24.9 Å². The molecule has 0 radical (unpaired) electrons. The van der Waals surface area contributed by atoms with Crippen LogP contribution in [0.4, 0.5) is 0 Å². The molecule has 21 heavy (non-hydrogen) atoms. The molecule has 0 spiro atoms. The SMILES string of the molecule is CC(C)(C(=O)O)c1ccc(OC2(O)CCCCC2O)cc1. The first kappa shape index (κ1) is 15.8. The monoisotopic (exact) mass is 294 g/mol. The summed E-state index contributed by atoms with van der Waals surface area (Å²) in [5.74, 6) is -2.04. The molecule has 0 heterocycles. The number of carboxylic acids is 1. The summed E-state index contributed by atoms with van der Waals surface area (Å²) >= 11 is 0. The summed E-state index contributed by atoms with van der Waals surface area (Å²) in [5, 5.41) is 29.4. The van der Waals surface area contributed by atoms with Crippen molar-refractivity contribution in [2.45, 2.75) is 56.8 Å². The van der Waals surface area contributed by atoms with Gasteiger partial charge in [0.1, 0.15) is 11.9 Å². The second-order valence-corrected chi connectivity index (χ2v) is 6.16. The first-order chi connectivity index (χ1) is 9.75. The van der Waals surface area contributed by atoms with Gasteiger partial charge in [-0.25, -0.2) is 0 Å². The van der Waals surface area contributed by atoms with E-state index in [0.717, 1.165) is 12.8 Å². The summed E-state index contributed by atoms with van der Waals surface area (Å²) in [6, 6.07) is 6.59. The Kier molecular flexibility index (Phi) is 4.25. The van der Waals surface area contributed by atoms with Crippen molar-refractivity contribution >= 4 is 5.97 Å². The lowest BCUT2D eigenvalue weighted by Crippen LogP contribution is -2.49. The number of hydrogen-bond acceptors (Lipinski definition) is 4. The Balaban J connectivity index is 2.14. The molecule has 0 aliphatic heterocycles. The van der Waals surface area contributed by atoms with E-state index in [9.17, 15) is 20.1 Å². The number of aliphatic hydroxyl groups excluding tert-OH is 1. The van der Waals surface area contributed by atoms with Crippen LogP contribution >= 0.6 is 0 Å². The number of aliphatic carboxylic acids is 1. The van der Waals surface area contributed by atoms with Crippen LogP contribution in [0.1, 0.15) is 45.1 Å². The zero-order chi connectivity index (χ0) is 15.7. The molecule has 1 aromatic rings. The van der Waals surface area contributed by atoms with E-state index in [2.05, 4.69) is 0 Å². The van der Waals surface area contributed by atoms with Gasteiger partial charge in [-0.1, -0.05) is 18.6 Å². The minimum atomic E-state index is -1.55. The normalized spacial score (nSPS) is 26.4. The van der Waals surface area contributed by atoms with E-state index in [1.54, 1.807) is 38.1 Å². The second kappa shape index (κ2) is 5.66. The topological polar surface area (TPSA) is 87.0 Å². The molecular formula is C16H22O5. The molecule has 2 unspecified atom stereocenters. The van der Waals surface area contributed by atoms with Crippen molar-refractivity contribution in [3.8, 4) is 5.75 Å². The molecule has 3 N–H and O–H groups in total. The third kappa shape index (κ3) is 3.19. The maximum atomic E-state index is 11.2. The number of carboxylic acid groups (broad SMARTS) is 1. The molecule has 1 saturated carbocycles. The van der Waals surface area contributed by atoms with E-state index in [4.69, 9.17) is 4.74 Å². The fourth-order valence-electron chi connectivity index (χ4n) is 2.49. The van der Waals surface area contributed by atoms with Gasteiger partial charge < -0.3 is 20.1 Å². The lowest BCUT2D eigenvalue weighted by molar-refractivity contribution is -0.221. The number of hydrogen-bond donors (Lipinski definition) is 3. The predicted molar refractivity (Wildman–Crippen MR) is 77.2 cm³/mol. The van der Waals surface area contributed by atoms with Crippen LogP contribution in [0.2, 0.25) is 0 Å². The number of benzene rings is 1. The number of ether oxygens (including phenoxy) is 1. The molecule has 116 valence electrons. The van der Waals surface area contributed by atoms with Crippen molar-refractivity contribution in [3.05, 3.63) is 29.8 Å². The molecule has 2 rings (SSSR count). The number of aliphatic hydroxyl groups is 2. The van der Waals surface area contributed by atoms with Gasteiger partial charge in [-0.05, 0) is 44.4 Å². The molecule has 0 saturated heterocycles. The van der Waals surface area contributed by atoms with E-state index in [1.165, 1.54) is 0 Å². The van der Waals surface area contributed by atoms with Gasteiger partial charge in [-0.2, -0.15) is 0 Å².